The van der Waals surface area contributed by atoms with Crippen molar-refractivity contribution in [3.8, 4) is 6.07 Å². The topological polar surface area (TPSA) is 64.9 Å². The quantitative estimate of drug-likeness (QED) is 0.374. The molecule has 4 bridgehead atoms. The van der Waals surface area contributed by atoms with E-state index < -0.39 is 0 Å². The van der Waals surface area contributed by atoms with Gasteiger partial charge in [0, 0.05) is 22.0 Å². The Kier molecular flexibility index (Phi) is 6.21. The molecule has 0 aliphatic heterocycles. The van der Waals surface area contributed by atoms with Gasteiger partial charge in [-0.3, -0.25) is 4.79 Å². The highest BCUT2D eigenvalue weighted by molar-refractivity contribution is 7.99. The highest BCUT2D eigenvalue weighted by Crippen LogP contribution is 2.61. The largest absolute Gasteiger partial charge is 0.387 e. The van der Waals surface area contributed by atoms with Crippen molar-refractivity contribution >= 4 is 23.4 Å². The van der Waals surface area contributed by atoms with Gasteiger partial charge in [0.2, 0.25) is 0 Å². The van der Waals surface area contributed by atoms with Gasteiger partial charge in [-0.2, -0.15) is 5.26 Å². The Morgan fingerprint density at radius 1 is 1.03 bits per heavy atom. The summed E-state index contributed by atoms with van der Waals surface area (Å²) in [6.45, 7) is 2.24. The number of carbonyl (C=O) groups excluding carboxylic acids is 1. The second kappa shape index (κ2) is 9.27. The fourth-order valence-electron chi connectivity index (χ4n) is 6.71. The van der Waals surface area contributed by atoms with Gasteiger partial charge in [0.25, 0.3) is 5.91 Å². The minimum atomic E-state index is -0.371. The van der Waals surface area contributed by atoms with E-state index in [1.165, 1.54) is 38.5 Å². The molecule has 2 N–H and O–H groups in total. The number of nitrogens with zero attached hydrogens (tertiary/aromatic N) is 1. The lowest BCUT2D eigenvalue weighted by atomic mass is 9.48. The van der Waals surface area contributed by atoms with Crippen LogP contribution in [0.15, 0.2) is 76.2 Å². The zero-order valence-corrected chi connectivity index (χ0v) is 19.9. The van der Waals surface area contributed by atoms with E-state index in [1.54, 1.807) is 18.0 Å². The Morgan fingerprint density at radius 3 is 2.27 bits per heavy atom. The molecule has 4 aliphatic carbocycles. The second-order valence-corrected chi connectivity index (χ2v) is 11.3. The number of hydrogen-bond donors (Lipinski definition) is 2. The highest BCUT2D eigenvalue weighted by atomic mass is 32.2. The summed E-state index contributed by atoms with van der Waals surface area (Å²) in [4.78, 5) is 15.0. The fourth-order valence-corrected chi connectivity index (χ4v) is 7.63. The Hall–Kier alpha value is -2.71. The predicted molar refractivity (Wildman–Crippen MR) is 133 cm³/mol. The van der Waals surface area contributed by atoms with E-state index in [9.17, 15) is 10.1 Å². The van der Waals surface area contributed by atoms with E-state index >= 15 is 0 Å². The summed E-state index contributed by atoms with van der Waals surface area (Å²) in [6.07, 6.45) is 9.75. The van der Waals surface area contributed by atoms with Crippen molar-refractivity contribution in [3.05, 3.63) is 66.4 Å². The number of para-hydroxylation sites is 1. The maximum Gasteiger partial charge on any atom is 0.267 e. The predicted octanol–water partition coefficient (Wildman–Crippen LogP) is 6.38. The molecule has 170 valence electrons. The molecule has 1 atom stereocenters. The van der Waals surface area contributed by atoms with Gasteiger partial charge in [-0.15, -0.1) is 0 Å². The number of nitrogens with one attached hydrogen (secondary N) is 2. The number of carbonyl (C=O) groups is 1. The molecule has 1 amide bonds. The van der Waals surface area contributed by atoms with E-state index in [2.05, 4.69) is 23.6 Å². The molecular formula is C28H31N3OS. The standard InChI is InChI=1S/C28H31N3OS/c1-19(28-14-20-11-21(15-28)13-22(12-20)16-28)30-18-23(17-29)27(32)31-25-9-5-6-10-26(25)33-24-7-3-2-4-8-24/h2-10,18-22,30H,11-16H2,1H3,(H,31,32)/b23-18-. The molecule has 0 radical (unpaired) electrons. The Labute approximate surface area is 200 Å². The van der Waals surface area contributed by atoms with Crippen LogP contribution in [0.1, 0.15) is 45.4 Å². The lowest BCUT2D eigenvalue weighted by Gasteiger charge is -2.59. The van der Waals surface area contributed by atoms with Gasteiger partial charge in [-0.25, -0.2) is 0 Å². The maximum absolute atomic E-state index is 13.0. The molecule has 4 nitrogen and oxygen atoms in total. The monoisotopic (exact) mass is 457 g/mol. The van der Waals surface area contributed by atoms with Gasteiger partial charge in [0.15, 0.2) is 0 Å². The lowest BCUT2D eigenvalue weighted by Crippen LogP contribution is -2.54. The molecular weight excluding hydrogens is 426 g/mol. The molecule has 6 rings (SSSR count). The first kappa shape index (κ1) is 22.1. The number of nitriles is 1. The summed E-state index contributed by atoms with van der Waals surface area (Å²) in [7, 11) is 0. The van der Waals surface area contributed by atoms with E-state index in [-0.39, 0.29) is 17.5 Å². The molecule has 0 spiro atoms. The van der Waals surface area contributed by atoms with Crippen molar-refractivity contribution in [3.63, 3.8) is 0 Å². The van der Waals surface area contributed by atoms with Crippen LogP contribution in [-0.4, -0.2) is 11.9 Å². The molecule has 5 heteroatoms. The fraction of sp³-hybridized carbons (Fsp3) is 0.429. The zero-order valence-electron chi connectivity index (χ0n) is 19.1. The summed E-state index contributed by atoms with van der Waals surface area (Å²) in [5, 5.41) is 16.1. The summed E-state index contributed by atoms with van der Waals surface area (Å²) >= 11 is 1.59. The Balaban J connectivity index is 1.26. The third-order valence-electron chi connectivity index (χ3n) is 7.95. The van der Waals surface area contributed by atoms with Crippen molar-refractivity contribution < 1.29 is 4.79 Å². The van der Waals surface area contributed by atoms with Gasteiger partial charge in [-0.1, -0.05) is 42.1 Å². The molecule has 1 unspecified atom stereocenters. The first-order valence-electron chi connectivity index (χ1n) is 12.0. The smallest absolute Gasteiger partial charge is 0.267 e. The van der Waals surface area contributed by atoms with Crippen LogP contribution in [0, 0.1) is 34.5 Å². The third kappa shape index (κ3) is 4.68. The molecule has 2 aromatic carbocycles. The first-order valence-corrected chi connectivity index (χ1v) is 12.9. The Morgan fingerprint density at radius 2 is 1.64 bits per heavy atom. The van der Waals surface area contributed by atoms with Crippen molar-refractivity contribution in [2.45, 2.75) is 61.3 Å². The first-order chi connectivity index (χ1) is 16.0. The van der Waals surface area contributed by atoms with Crippen LogP contribution in [0.5, 0.6) is 0 Å². The summed E-state index contributed by atoms with van der Waals surface area (Å²) < 4.78 is 0. The van der Waals surface area contributed by atoms with Gasteiger partial charge in [0.1, 0.15) is 11.6 Å². The van der Waals surface area contributed by atoms with Gasteiger partial charge < -0.3 is 10.6 Å². The molecule has 4 fully saturated rings. The molecule has 4 aliphatic rings. The highest BCUT2D eigenvalue weighted by Gasteiger charge is 2.53. The average Bonchev–Trinajstić information content (AvgIpc) is 2.80. The molecule has 33 heavy (non-hydrogen) atoms. The van der Waals surface area contributed by atoms with Crippen LogP contribution >= 0.6 is 11.8 Å². The number of amides is 1. The van der Waals surface area contributed by atoms with E-state index in [0.717, 1.165) is 27.5 Å². The minimum Gasteiger partial charge on any atom is -0.387 e. The third-order valence-corrected chi connectivity index (χ3v) is 9.04. The van der Waals surface area contributed by atoms with Crippen LogP contribution < -0.4 is 10.6 Å². The van der Waals surface area contributed by atoms with E-state index in [1.807, 2.05) is 54.6 Å². The van der Waals surface area contributed by atoms with Crippen molar-refractivity contribution in [2.75, 3.05) is 5.32 Å². The van der Waals surface area contributed by atoms with Crippen LogP contribution in [0.25, 0.3) is 0 Å². The average molecular weight is 458 g/mol. The van der Waals surface area contributed by atoms with Crippen LogP contribution in [0.3, 0.4) is 0 Å². The second-order valence-electron chi connectivity index (χ2n) is 10.2. The van der Waals surface area contributed by atoms with E-state index in [4.69, 9.17) is 0 Å². The summed E-state index contributed by atoms with van der Waals surface area (Å²) in [5.41, 5.74) is 1.15. The Bertz CT molecular complexity index is 1050. The van der Waals surface area contributed by atoms with Crippen LogP contribution in [0.2, 0.25) is 0 Å². The van der Waals surface area contributed by atoms with Crippen molar-refractivity contribution in [2.24, 2.45) is 23.2 Å². The number of anilines is 1. The van der Waals surface area contributed by atoms with Gasteiger partial charge in [0.05, 0.1) is 5.69 Å². The molecule has 0 saturated heterocycles. The SMILES string of the molecule is CC(N/C=C(/C#N)C(=O)Nc1ccccc1Sc1ccccc1)C12CC3CC(CC(C3)C1)C2. The van der Waals surface area contributed by atoms with Gasteiger partial charge in [-0.05, 0) is 92.9 Å². The number of rotatable bonds is 7. The zero-order chi connectivity index (χ0) is 22.8. The summed E-state index contributed by atoms with van der Waals surface area (Å²) in [6, 6.07) is 20.1. The van der Waals surface area contributed by atoms with Crippen LogP contribution in [-0.2, 0) is 4.79 Å². The molecule has 0 heterocycles. The normalized spacial score (nSPS) is 28.7. The van der Waals surface area contributed by atoms with E-state index in [0.29, 0.717) is 11.1 Å². The van der Waals surface area contributed by atoms with Crippen LogP contribution in [0.4, 0.5) is 5.69 Å². The molecule has 4 saturated carbocycles. The maximum atomic E-state index is 13.0. The minimum absolute atomic E-state index is 0.117. The molecule has 2 aromatic rings. The van der Waals surface area contributed by atoms with Crippen molar-refractivity contribution in [1.82, 2.24) is 5.32 Å². The number of hydrogen-bond acceptors (Lipinski definition) is 4. The van der Waals surface area contributed by atoms with Crippen molar-refractivity contribution in [1.29, 1.82) is 5.26 Å². The molecule has 0 aromatic heterocycles. The lowest BCUT2D eigenvalue weighted by molar-refractivity contribution is -0.112. The number of benzene rings is 2. The van der Waals surface area contributed by atoms with Gasteiger partial charge >= 0.3 is 0 Å². The summed E-state index contributed by atoms with van der Waals surface area (Å²) in [5.74, 6) is 2.26.